The Morgan fingerprint density at radius 2 is 0.690 bits per heavy atom. The van der Waals surface area contributed by atoms with Gasteiger partial charge in [-0.05, 0) is 38.5 Å². The van der Waals surface area contributed by atoms with Gasteiger partial charge in [-0.2, -0.15) is 8.42 Å². The predicted molar refractivity (Wildman–Crippen MR) is 184 cm³/mol. The van der Waals surface area contributed by atoms with E-state index in [0.29, 0.717) is 6.54 Å². The van der Waals surface area contributed by atoms with Gasteiger partial charge in [-0.3, -0.25) is 4.55 Å². The van der Waals surface area contributed by atoms with Gasteiger partial charge in [0, 0.05) is 0 Å². The Hall–Kier alpha value is -0.170. The van der Waals surface area contributed by atoms with Crippen molar-refractivity contribution in [3.05, 3.63) is 0 Å². The van der Waals surface area contributed by atoms with Crippen molar-refractivity contribution in [3.63, 3.8) is 0 Å². The van der Waals surface area contributed by atoms with Crippen LogP contribution in [-0.4, -0.2) is 60.6 Å². The van der Waals surface area contributed by atoms with Crippen molar-refractivity contribution in [1.29, 1.82) is 0 Å². The maximum Gasteiger partial charge on any atom is 0.267 e. The zero-order chi connectivity index (χ0) is 31.2. The maximum absolute atomic E-state index is 11.6. The molecule has 0 bridgehead atoms. The fraction of sp³-hybridized carbons (Fsp3) is 1.00. The highest BCUT2D eigenvalue weighted by Gasteiger charge is 2.31. The van der Waals surface area contributed by atoms with Crippen LogP contribution < -0.4 is 0 Å². The monoisotopic (exact) mass is 619 g/mol. The van der Waals surface area contributed by atoms with Crippen LogP contribution in [0.5, 0.6) is 0 Å². The van der Waals surface area contributed by atoms with Crippen LogP contribution in [0.1, 0.15) is 194 Å². The van der Waals surface area contributed by atoms with E-state index in [9.17, 15) is 18.1 Å². The van der Waals surface area contributed by atoms with Gasteiger partial charge >= 0.3 is 0 Å². The molecule has 1 unspecified atom stereocenters. The van der Waals surface area contributed by atoms with Gasteiger partial charge in [-0.25, -0.2) is 0 Å². The van der Waals surface area contributed by atoms with Crippen molar-refractivity contribution in [2.45, 2.75) is 200 Å². The summed E-state index contributed by atoms with van der Waals surface area (Å²) >= 11 is 0. The van der Waals surface area contributed by atoms with Crippen LogP contribution in [0, 0.1) is 0 Å². The molecular weight excluding hydrogens is 542 g/mol. The summed E-state index contributed by atoms with van der Waals surface area (Å²) in [5, 5.41) is 10.8. The molecule has 0 radical (unpaired) electrons. The first-order valence-electron chi connectivity index (χ1n) is 18.8. The van der Waals surface area contributed by atoms with Crippen LogP contribution >= 0.6 is 0 Å². The van der Waals surface area contributed by atoms with Crippen LogP contribution in [0.2, 0.25) is 0 Å². The second kappa shape index (κ2) is 29.5. The number of aliphatic hydroxyl groups excluding tert-OH is 1. The summed E-state index contributed by atoms with van der Waals surface area (Å²) in [4.78, 5) is 0. The van der Waals surface area contributed by atoms with E-state index in [-0.39, 0.29) is 0 Å². The summed E-state index contributed by atoms with van der Waals surface area (Å²) in [5.41, 5.74) is 0. The second-order valence-electron chi connectivity index (χ2n) is 13.6. The van der Waals surface area contributed by atoms with Crippen LogP contribution in [0.15, 0.2) is 0 Å². The molecule has 0 heterocycles. The zero-order valence-electron chi connectivity index (χ0n) is 28.8. The number of rotatable bonds is 34. The van der Waals surface area contributed by atoms with Crippen molar-refractivity contribution in [2.75, 3.05) is 31.9 Å². The smallest absolute Gasteiger partial charge is 0.267 e. The summed E-state index contributed by atoms with van der Waals surface area (Å²) in [5.74, 6) is -0.541. The molecule has 0 rings (SSSR count). The van der Waals surface area contributed by atoms with Gasteiger partial charge in [0.25, 0.3) is 10.1 Å². The third-order valence-corrected chi connectivity index (χ3v) is 10.0. The molecule has 0 saturated carbocycles. The average molecular weight is 619 g/mol. The topological polar surface area (TPSA) is 74.6 Å². The van der Waals surface area contributed by atoms with Crippen molar-refractivity contribution >= 4 is 10.1 Å². The quantitative estimate of drug-likeness (QED) is 0.0427. The minimum Gasteiger partial charge on any atom is -0.386 e. The van der Waals surface area contributed by atoms with Gasteiger partial charge in [0.15, 0.2) is 0 Å². The van der Waals surface area contributed by atoms with Gasteiger partial charge in [0.1, 0.15) is 18.4 Å². The lowest BCUT2D eigenvalue weighted by atomic mass is 10.0. The molecule has 0 fully saturated rings. The summed E-state index contributed by atoms with van der Waals surface area (Å²) in [7, 11) is -4.18. The van der Waals surface area contributed by atoms with E-state index in [1.165, 1.54) is 154 Å². The fourth-order valence-electron chi connectivity index (χ4n) is 6.63. The Balaban J connectivity index is 4.99. The minimum absolute atomic E-state index is 0.449. The highest BCUT2D eigenvalue weighted by atomic mass is 32.2. The van der Waals surface area contributed by atoms with Crippen LogP contribution in [0.3, 0.4) is 0 Å². The highest BCUT2D eigenvalue weighted by Crippen LogP contribution is 2.21. The van der Waals surface area contributed by atoms with Crippen LogP contribution in [0.25, 0.3) is 0 Å². The molecule has 0 aromatic rings. The van der Waals surface area contributed by atoms with E-state index in [1.54, 1.807) is 0 Å². The van der Waals surface area contributed by atoms with Gasteiger partial charge in [-0.1, -0.05) is 156 Å². The number of aliphatic hydroxyl groups is 1. The number of hydrogen-bond acceptors (Lipinski definition) is 3. The van der Waals surface area contributed by atoms with Gasteiger partial charge < -0.3 is 9.59 Å². The SMILES string of the molecule is CCCCCCCCCCC[N+](CCCCCCCCCCC)(CCCCCCCCCCC)CC(O)CS(=O)(=O)O. The first kappa shape index (κ1) is 41.8. The minimum atomic E-state index is -4.18. The molecule has 0 aromatic heterocycles. The molecule has 0 aliphatic heterocycles. The lowest BCUT2D eigenvalue weighted by molar-refractivity contribution is -0.931. The Kier molecular flexibility index (Phi) is 29.4. The summed E-state index contributed by atoms with van der Waals surface area (Å²) in [6, 6.07) is 0. The molecule has 0 spiro atoms. The van der Waals surface area contributed by atoms with E-state index >= 15 is 0 Å². The van der Waals surface area contributed by atoms with Gasteiger partial charge in [0.2, 0.25) is 0 Å². The zero-order valence-corrected chi connectivity index (χ0v) is 29.6. The fourth-order valence-corrected chi connectivity index (χ4v) is 7.22. The molecule has 42 heavy (non-hydrogen) atoms. The number of unbranched alkanes of at least 4 members (excludes halogenated alkanes) is 24. The van der Waals surface area contributed by atoms with Gasteiger partial charge in [0.05, 0.1) is 19.6 Å². The van der Waals surface area contributed by atoms with Crippen LogP contribution in [-0.2, 0) is 10.1 Å². The molecule has 6 heteroatoms. The maximum atomic E-state index is 11.6. The lowest BCUT2D eigenvalue weighted by Crippen LogP contribution is -2.55. The van der Waals surface area contributed by atoms with Crippen molar-refractivity contribution in [2.24, 2.45) is 0 Å². The van der Waals surface area contributed by atoms with E-state index in [4.69, 9.17) is 0 Å². The van der Waals surface area contributed by atoms with E-state index in [1.807, 2.05) is 0 Å². The van der Waals surface area contributed by atoms with Crippen molar-refractivity contribution in [3.8, 4) is 0 Å². The van der Waals surface area contributed by atoms with Crippen molar-refractivity contribution < 1.29 is 22.6 Å². The number of hydrogen-bond donors (Lipinski definition) is 2. The standard InChI is InChI=1S/C36H75NO4S/c1-4-7-10-13-16-19-22-25-28-31-37(34-36(38)35-42(39,40)41,32-29-26-23-20-17-14-11-8-5-2)33-30-27-24-21-18-15-12-9-6-3/h36,38H,4-35H2,1-3H3/p+1. The first-order chi connectivity index (χ1) is 20.3. The molecular formula is C36H76NO4S+. The normalized spacial score (nSPS) is 13.2. The van der Waals surface area contributed by atoms with E-state index < -0.39 is 22.0 Å². The first-order valence-corrected chi connectivity index (χ1v) is 20.4. The van der Waals surface area contributed by atoms with E-state index in [0.717, 1.165) is 43.4 Å². The summed E-state index contributed by atoms with van der Waals surface area (Å²) in [6.45, 7) is 10.3. The summed E-state index contributed by atoms with van der Waals surface area (Å²) in [6.07, 6.45) is 33.9. The lowest BCUT2D eigenvalue weighted by Gasteiger charge is -2.40. The Morgan fingerprint density at radius 1 is 0.452 bits per heavy atom. The third-order valence-electron chi connectivity index (χ3n) is 9.21. The Morgan fingerprint density at radius 3 is 0.929 bits per heavy atom. The number of nitrogens with zero attached hydrogens (tertiary/aromatic N) is 1. The second-order valence-corrected chi connectivity index (χ2v) is 15.1. The average Bonchev–Trinajstić information content (AvgIpc) is 2.93. The molecule has 0 aliphatic rings. The molecule has 0 amide bonds. The third kappa shape index (κ3) is 28.6. The molecule has 254 valence electrons. The van der Waals surface area contributed by atoms with Crippen LogP contribution in [0.4, 0.5) is 0 Å². The molecule has 5 nitrogen and oxygen atoms in total. The molecule has 0 saturated heterocycles. The molecule has 2 N–H and O–H groups in total. The van der Waals surface area contributed by atoms with Gasteiger partial charge in [-0.15, -0.1) is 0 Å². The largest absolute Gasteiger partial charge is 0.386 e. The van der Waals surface area contributed by atoms with Crippen molar-refractivity contribution in [1.82, 2.24) is 0 Å². The summed E-state index contributed by atoms with van der Waals surface area (Å²) < 4.78 is 33.5. The number of quaternary nitrogens is 1. The molecule has 1 atom stereocenters. The molecule has 0 aromatic carbocycles. The van der Waals surface area contributed by atoms with E-state index in [2.05, 4.69) is 20.8 Å². The Bertz CT molecular complexity index is 600. The highest BCUT2D eigenvalue weighted by molar-refractivity contribution is 7.85. The molecule has 0 aliphatic carbocycles. The predicted octanol–water partition coefficient (Wildman–Crippen LogP) is 10.6. The Labute approximate surface area is 264 Å².